The van der Waals surface area contributed by atoms with Crippen molar-refractivity contribution < 1.29 is 9.53 Å². The number of aryl methyl sites for hydroxylation is 1. The molecule has 0 radical (unpaired) electrons. The number of ether oxygens (including phenoxy) is 1. The number of piperidine rings is 1. The summed E-state index contributed by atoms with van der Waals surface area (Å²) in [5.41, 5.74) is 2.11. The molecule has 3 rings (SSSR count). The molecule has 1 amide bonds. The van der Waals surface area contributed by atoms with E-state index in [1.54, 1.807) is 13.3 Å². The molecule has 0 aliphatic carbocycles. The van der Waals surface area contributed by atoms with Crippen LogP contribution in [0, 0.1) is 5.92 Å². The lowest BCUT2D eigenvalue weighted by atomic mass is 9.93. The largest absolute Gasteiger partial charge is 0.467 e. The van der Waals surface area contributed by atoms with E-state index in [1.807, 2.05) is 24.3 Å². The third kappa shape index (κ3) is 4.50. The molecule has 0 atom stereocenters. The highest BCUT2D eigenvalue weighted by Gasteiger charge is 2.23. The van der Waals surface area contributed by atoms with Crippen molar-refractivity contribution >= 4 is 17.4 Å². The monoisotopic (exact) mass is 354 g/mol. The van der Waals surface area contributed by atoms with E-state index in [4.69, 9.17) is 4.74 Å². The Morgan fingerprint density at radius 3 is 2.77 bits per heavy atom. The summed E-state index contributed by atoms with van der Waals surface area (Å²) in [5, 5.41) is 3.08. The molecule has 6 heteroatoms. The van der Waals surface area contributed by atoms with E-state index >= 15 is 0 Å². The van der Waals surface area contributed by atoms with Gasteiger partial charge in [-0.05, 0) is 42.9 Å². The number of carbonyl (C=O) groups excluding carboxylic acids is 1. The van der Waals surface area contributed by atoms with E-state index in [2.05, 4.69) is 33.2 Å². The number of hydrogen-bond donors (Lipinski definition) is 1. The fourth-order valence-corrected chi connectivity index (χ4v) is 3.39. The number of amides is 1. The van der Waals surface area contributed by atoms with Crippen LogP contribution in [0.2, 0.25) is 0 Å². The van der Waals surface area contributed by atoms with E-state index in [0.29, 0.717) is 18.3 Å². The predicted molar refractivity (Wildman–Crippen MR) is 103 cm³/mol. The van der Waals surface area contributed by atoms with Gasteiger partial charge >= 0.3 is 6.01 Å². The zero-order valence-electron chi connectivity index (χ0n) is 15.4. The van der Waals surface area contributed by atoms with Crippen LogP contribution in [-0.2, 0) is 11.2 Å². The van der Waals surface area contributed by atoms with Crippen LogP contribution in [0.4, 0.5) is 11.5 Å². The minimum atomic E-state index is 0.105. The molecule has 138 valence electrons. The van der Waals surface area contributed by atoms with Gasteiger partial charge in [0.05, 0.1) is 7.11 Å². The minimum absolute atomic E-state index is 0.105. The van der Waals surface area contributed by atoms with Gasteiger partial charge in [-0.1, -0.05) is 25.1 Å². The van der Waals surface area contributed by atoms with Gasteiger partial charge in [0, 0.05) is 31.4 Å². The van der Waals surface area contributed by atoms with Crippen LogP contribution >= 0.6 is 0 Å². The number of nitrogens with one attached hydrogen (secondary N) is 1. The van der Waals surface area contributed by atoms with Crippen LogP contribution in [0.1, 0.15) is 31.7 Å². The van der Waals surface area contributed by atoms with Crippen molar-refractivity contribution in [2.24, 2.45) is 5.92 Å². The Bertz CT molecular complexity index is 742. The highest BCUT2D eigenvalue weighted by molar-refractivity contribution is 5.91. The highest BCUT2D eigenvalue weighted by atomic mass is 16.5. The number of carbonyl (C=O) groups is 1. The smallest absolute Gasteiger partial charge is 0.318 e. The Hall–Kier alpha value is -2.63. The summed E-state index contributed by atoms with van der Waals surface area (Å²) in [7, 11) is 1.57. The first-order valence-electron chi connectivity index (χ1n) is 9.19. The first-order chi connectivity index (χ1) is 12.7. The van der Waals surface area contributed by atoms with Gasteiger partial charge in [-0.3, -0.25) is 4.79 Å². The van der Waals surface area contributed by atoms with E-state index in [1.165, 1.54) is 5.56 Å². The molecule has 1 aromatic carbocycles. The van der Waals surface area contributed by atoms with Gasteiger partial charge in [0.1, 0.15) is 5.82 Å². The molecule has 1 aliphatic heterocycles. The summed E-state index contributed by atoms with van der Waals surface area (Å²) >= 11 is 0. The van der Waals surface area contributed by atoms with Crippen molar-refractivity contribution in [1.29, 1.82) is 0 Å². The number of methoxy groups -OCH3 is 1. The minimum Gasteiger partial charge on any atom is -0.467 e. The fraction of sp³-hybridized carbons (Fsp3) is 0.450. The average Bonchev–Trinajstić information content (AvgIpc) is 2.69. The maximum Gasteiger partial charge on any atom is 0.318 e. The van der Waals surface area contributed by atoms with Gasteiger partial charge < -0.3 is 15.0 Å². The number of nitrogens with zero attached hydrogens (tertiary/aromatic N) is 3. The number of rotatable bonds is 6. The van der Waals surface area contributed by atoms with E-state index in [9.17, 15) is 4.79 Å². The third-order valence-corrected chi connectivity index (χ3v) is 4.89. The third-order valence-electron chi connectivity index (χ3n) is 4.89. The summed E-state index contributed by atoms with van der Waals surface area (Å²) in [4.78, 5) is 23.1. The number of para-hydroxylation sites is 1. The summed E-state index contributed by atoms with van der Waals surface area (Å²) < 4.78 is 5.09. The molecule has 0 bridgehead atoms. The second-order valence-corrected chi connectivity index (χ2v) is 6.59. The average molecular weight is 354 g/mol. The molecule has 6 nitrogen and oxygen atoms in total. The molecule has 1 aromatic heterocycles. The quantitative estimate of drug-likeness (QED) is 0.862. The maximum atomic E-state index is 12.4. The Morgan fingerprint density at radius 2 is 2.04 bits per heavy atom. The second-order valence-electron chi connectivity index (χ2n) is 6.59. The number of benzene rings is 1. The summed E-state index contributed by atoms with van der Waals surface area (Å²) in [6.07, 6.45) is 5.16. The molecule has 0 unspecified atom stereocenters. The molecule has 2 aromatic rings. The summed E-state index contributed by atoms with van der Waals surface area (Å²) in [6, 6.07) is 10.3. The first-order valence-corrected chi connectivity index (χ1v) is 9.19. The molecule has 0 saturated carbocycles. The Labute approximate surface area is 154 Å². The van der Waals surface area contributed by atoms with E-state index in [-0.39, 0.29) is 5.91 Å². The molecule has 26 heavy (non-hydrogen) atoms. The van der Waals surface area contributed by atoms with Crippen molar-refractivity contribution in [3.05, 3.63) is 42.1 Å². The van der Waals surface area contributed by atoms with Gasteiger partial charge in [-0.2, -0.15) is 4.98 Å². The SMILES string of the molecule is CCc1ccccc1NC(=O)CC1CCN(c2ccnc(OC)n2)CC1. The second kappa shape index (κ2) is 8.65. The Balaban J connectivity index is 1.51. The number of aromatic nitrogens is 2. The standard InChI is InChI=1S/C20H26N4O2/c1-3-16-6-4-5-7-17(16)22-19(25)14-15-9-12-24(13-10-15)18-8-11-21-20(23-18)26-2/h4-8,11,15H,3,9-10,12-14H2,1-2H3,(H,22,25). The lowest BCUT2D eigenvalue weighted by molar-refractivity contribution is -0.117. The van der Waals surface area contributed by atoms with Crippen molar-refractivity contribution in [2.75, 3.05) is 30.4 Å². The zero-order chi connectivity index (χ0) is 18.4. The fourth-order valence-electron chi connectivity index (χ4n) is 3.39. The molecule has 1 N–H and O–H groups in total. The van der Waals surface area contributed by atoms with Crippen LogP contribution in [-0.4, -0.2) is 36.1 Å². The van der Waals surface area contributed by atoms with Crippen LogP contribution in [0.25, 0.3) is 0 Å². The molecule has 1 fully saturated rings. The van der Waals surface area contributed by atoms with Crippen LogP contribution < -0.4 is 15.0 Å². The summed E-state index contributed by atoms with van der Waals surface area (Å²) in [6.45, 7) is 3.89. The van der Waals surface area contributed by atoms with Crippen molar-refractivity contribution in [3.63, 3.8) is 0 Å². The Kier molecular flexibility index (Phi) is 6.04. The van der Waals surface area contributed by atoms with Crippen molar-refractivity contribution in [1.82, 2.24) is 9.97 Å². The van der Waals surface area contributed by atoms with E-state index in [0.717, 1.165) is 43.9 Å². The first kappa shape index (κ1) is 18.2. The van der Waals surface area contributed by atoms with Crippen LogP contribution in [0.15, 0.2) is 36.5 Å². The lowest BCUT2D eigenvalue weighted by Crippen LogP contribution is -2.35. The molecular formula is C20H26N4O2. The van der Waals surface area contributed by atoms with Crippen LogP contribution in [0.5, 0.6) is 6.01 Å². The van der Waals surface area contributed by atoms with Gasteiger partial charge in [-0.25, -0.2) is 4.98 Å². The molecular weight excluding hydrogens is 328 g/mol. The van der Waals surface area contributed by atoms with Crippen LogP contribution in [0.3, 0.4) is 0 Å². The predicted octanol–water partition coefficient (Wildman–Crippen LogP) is 3.29. The summed E-state index contributed by atoms with van der Waals surface area (Å²) in [5.74, 6) is 1.40. The topological polar surface area (TPSA) is 67.4 Å². The van der Waals surface area contributed by atoms with Gasteiger partial charge in [0.25, 0.3) is 0 Å². The normalized spacial score (nSPS) is 14.9. The highest BCUT2D eigenvalue weighted by Crippen LogP contribution is 2.25. The van der Waals surface area contributed by atoms with Gasteiger partial charge in [-0.15, -0.1) is 0 Å². The van der Waals surface area contributed by atoms with Gasteiger partial charge in [0.2, 0.25) is 5.91 Å². The van der Waals surface area contributed by atoms with Crippen molar-refractivity contribution in [2.45, 2.75) is 32.6 Å². The zero-order valence-corrected chi connectivity index (χ0v) is 15.4. The van der Waals surface area contributed by atoms with Gasteiger partial charge in [0.15, 0.2) is 0 Å². The van der Waals surface area contributed by atoms with Crippen molar-refractivity contribution in [3.8, 4) is 6.01 Å². The lowest BCUT2D eigenvalue weighted by Gasteiger charge is -2.32. The Morgan fingerprint density at radius 1 is 1.27 bits per heavy atom. The molecule has 0 spiro atoms. The maximum absolute atomic E-state index is 12.4. The number of hydrogen-bond acceptors (Lipinski definition) is 5. The molecule has 1 aliphatic rings. The van der Waals surface area contributed by atoms with E-state index < -0.39 is 0 Å². The molecule has 1 saturated heterocycles. The number of anilines is 2. The molecule has 2 heterocycles.